The Labute approximate surface area is 152 Å². The highest BCUT2D eigenvalue weighted by molar-refractivity contribution is 6.31. The molecule has 2 N–H and O–H groups in total. The maximum absolute atomic E-state index is 12.3. The van der Waals surface area contributed by atoms with E-state index in [1.54, 1.807) is 0 Å². The number of benzene rings is 2. The molecule has 9 heteroatoms. The van der Waals surface area contributed by atoms with E-state index in [2.05, 4.69) is 10.6 Å². The highest BCUT2D eigenvalue weighted by atomic mass is 35.5. The van der Waals surface area contributed by atoms with E-state index < -0.39 is 18.7 Å². The summed E-state index contributed by atoms with van der Waals surface area (Å²) in [6, 6.07) is 9.85. The van der Waals surface area contributed by atoms with Crippen LogP contribution in [0.3, 0.4) is 0 Å². The predicted molar refractivity (Wildman–Crippen MR) is 91.7 cm³/mol. The lowest BCUT2D eigenvalue weighted by atomic mass is 10.2. The molecule has 0 unspecified atom stereocenters. The van der Waals surface area contributed by atoms with Gasteiger partial charge in [0.1, 0.15) is 5.75 Å². The molecule has 2 amide bonds. The molecule has 2 aromatic rings. The first-order chi connectivity index (χ1) is 12.1. The molecular formula is C17H14ClF3N2O3. The minimum atomic E-state index is -4.51. The van der Waals surface area contributed by atoms with Crippen molar-refractivity contribution < 1.29 is 27.5 Å². The minimum absolute atomic E-state index is 0.0117. The van der Waals surface area contributed by atoms with E-state index in [0.29, 0.717) is 5.69 Å². The number of hydrogen-bond acceptors (Lipinski definition) is 3. The van der Waals surface area contributed by atoms with Crippen LogP contribution < -0.4 is 15.4 Å². The third-order valence-electron chi connectivity index (χ3n) is 3.05. The van der Waals surface area contributed by atoms with Gasteiger partial charge in [-0.2, -0.15) is 13.2 Å². The molecule has 0 saturated heterocycles. The quantitative estimate of drug-likeness (QED) is 0.795. The monoisotopic (exact) mass is 386 g/mol. The molecule has 138 valence electrons. The van der Waals surface area contributed by atoms with Crippen LogP contribution in [0.25, 0.3) is 0 Å². The summed E-state index contributed by atoms with van der Waals surface area (Å²) < 4.78 is 41.7. The molecule has 0 aliphatic heterocycles. The van der Waals surface area contributed by atoms with Crippen LogP contribution in [0, 0.1) is 0 Å². The summed E-state index contributed by atoms with van der Waals surface area (Å²) in [4.78, 5) is 23.3. The van der Waals surface area contributed by atoms with Gasteiger partial charge in [0, 0.05) is 23.2 Å². The Bertz CT molecular complexity index is 808. The van der Waals surface area contributed by atoms with Crippen LogP contribution >= 0.6 is 11.6 Å². The molecule has 26 heavy (non-hydrogen) atoms. The topological polar surface area (TPSA) is 67.4 Å². The van der Waals surface area contributed by atoms with Gasteiger partial charge in [0.15, 0.2) is 6.61 Å². The lowest BCUT2D eigenvalue weighted by molar-refractivity contribution is -0.153. The number of ether oxygens (including phenoxy) is 1. The second kappa shape index (κ2) is 8.09. The van der Waals surface area contributed by atoms with E-state index in [4.69, 9.17) is 16.3 Å². The maximum atomic E-state index is 12.3. The number of rotatable bonds is 5. The number of halogens is 4. The SMILES string of the molecule is CC(=O)Nc1ccc(C(=O)Nc2cc(Cl)ccc2OCC(F)(F)F)cc1. The number of carbonyl (C=O) groups excluding carboxylic acids is 2. The average Bonchev–Trinajstić information content (AvgIpc) is 2.53. The van der Waals surface area contributed by atoms with E-state index >= 15 is 0 Å². The predicted octanol–water partition coefficient (Wildman–Crippen LogP) is 4.49. The molecule has 0 saturated carbocycles. The Morgan fingerprint density at radius 2 is 1.73 bits per heavy atom. The van der Waals surface area contributed by atoms with Crippen LogP contribution in [-0.4, -0.2) is 24.6 Å². The van der Waals surface area contributed by atoms with E-state index in [-0.39, 0.29) is 27.9 Å². The Morgan fingerprint density at radius 3 is 2.31 bits per heavy atom. The molecule has 0 heterocycles. The van der Waals surface area contributed by atoms with Gasteiger partial charge in [-0.1, -0.05) is 11.6 Å². The molecule has 0 aliphatic rings. The van der Waals surface area contributed by atoms with E-state index in [0.717, 1.165) is 0 Å². The number of amides is 2. The largest absolute Gasteiger partial charge is 0.482 e. The van der Waals surface area contributed by atoms with Crippen LogP contribution in [0.2, 0.25) is 5.02 Å². The summed E-state index contributed by atoms with van der Waals surface area (Å²) in [5, 5.41) is 5.24. The van der Waals surface area contributed by atoms with Crippen molar-refractivity contribution in [3.8, 4) is 5.75 Å². The third kappa shape index (κ3) is 5.96. The molecule has 0 fully saturated rings. The fraction of sp³-hybridized carbons (Fsp3) is 0.176. The normalized spacial score (nSPS) is 11.0. The highest BCUT2D eigenvalue weighted by Crippen LogP contribution is 2.30. The van der Waals surface area contributed by atoms with Gasteiger partial charge in [0.05, 0.1) is 5.69 Å². The molecule has 0 spiro atoms. The van der Waals surface area contributed by atoms with Crippen molar-refractivity contribution in [1.29, 1.82) is 0 Å². The number of anilines is 2. The number of nitrogens with one attached hydrogen (secondary N) is 2. The van der Waals surface area contributed by atoms with Crippen LogP contribution in [0.4, 0.5) is 24.5 Å². The van der Waals surface area contributed by atoms with E-state index in [9.17, 15) is 22.8 Å². The Kier molecular flexibility index (Phi) is 6.10. The second-order valence-electron chi connectivity index (χ2n) is 5.26. The van der Waals surface area contributed by atoms with Gasteiger partial charge in [-0.3, -0.25) is 9.59 Å². The summed E-state index contributed by atoms with van der Waals surface area (Å²) in [5.74, 6) is -0.985. The fourth-order valence-corrected chi connectivity index (χ4v) is 2.16. The van der Waals surface area contributed by atoms with Crippen molar-refractivity contribution in [3.63, 3.8) is 0 Å². The van der Waals surface area contributed by atoms with Gasteiger partial charge in [0.2, 0.25) is 5.91 Å². The number of alkyl halides is 3. The molecule has 0 aliphatic carbocycles. The van der Waals surface area contributed by atoms with Crippen molar-refractivity contribution in [2.45, 2.75) is 13.1 Å². The Balaban J connectivity index is 2.15. The summed E-state index contributed by atoms with van der Waals surface area (Å²) >= 11 is 5.84. The fourth-order valence-electron chi connectivity index (χ4n) is 1.99. The van der Waals surface area contributed by atoms with Gasteiger partial charge in [-0.25, -0.2) is 0 Å². The Morgan fingerprint density at radius 1 is 1.08 bits per heavy atom. The second-order valence-corrected chi connectivity index (χ2v) is 5.69. The van der Waals surface area contributed by atoms with Crippen molar-refractivity contribution in [1.82, 2.24) is 0 Å². The summed E-state index contributed by atoms with van der Waals surface area (Å²) in [6.07, 6.45) is -4.51. The molecule has 0 radical (unpaired) electrons. The Hall–Kier alpha value is -2.74. The summed E-state index contributed by atoms with van der Waals surface area (Å²) in [7, 11) is 0. The van der Waals surface area contributed by atoms with Crippen LogP contribution in [0.15, 0.2) is 42.5 Å². The highest BCUT2D eigenvalue weighted by Gasteiger charge is 2.29. The zero-order valence-corrected chi connectivity index (χ0v) is 14.2. The van der Waals surface area contributed by atoms with E-state index in [1.807, 2.05) is 0 Å². The molecule has 5 nitrogen and oxygen atoms in total. The first-order valence-corrected chi connectivity index (χ1v) is 7.70. The standard InChI is InChI=1S/C17H14ClF3N2O3/c1-10(24)22-13-5-2-11(3-6-13)16(25)23-14-8-12(18)4-7-15(14)26-9-17(19,20)21/h2-8H,9H2,1H3,(H,22,24)(H,23,25). The van der Waals surface area contributed by atoms with Crippen molar-refractivity contribution in [3.05, 3.63) is 53.1 Å². The van der Waals surface area contributed by atoms with Crippen molar-refractivity contribution in [2.24, 2.45) is 0 Å². The van der Waals surface area contributed by atoms with Gasteiger partial charge >= 0.3 is 6.18 Å². The van der Waals surface area contributed by atoms with Gasteiger partial charge in [0.25, 0.3) is 5.91 Å². The molecule has 0 bridgehead atoms. The third-order valence-corrected chi connectivity index (χ3v) is 3.28. The number of hydrogen-bond donors (Lipinski definition) is 2. The molecular weight excluding hydrogens is 373 g/mol. The van der Waals surface area contributed by atoms with Crippen LogP contribution in [0.5, 0.6) is 5.75 Å². The lowest BCUT2D eigenvalue weighted by Crippen LogP contribution is -2.20. The van der Waals surface area contributed by atoms with Crippen molar-refractivity contribution in [2.75, 3.05) is 17.2 Å². The van der Waals surface area contributed by atoms with Crippen LogP contribution in [-0.2, 0) is 4.79 Å². The molecule has 0 aromatic heterocycles. The van der Waals surface area contributed by atoms with Gasteiger partial charge in [-0.05, 0) is 42.5 Å². The first kappa shape index (κ1) is 19.6. The maximum Gasteiger partial charge on any atom is 0.422 e. The minimum Gasteiger partial charge on any atom is -0.482 e. The molecule has 2 rings (SSSR count). The van der Waals surface area contributed by atoms with Gasteiger partial charge < -0.3 is 15.4 Å². The zero-order valence-electron chi connectivity index (χ0n) is 13.5. The smallest absolute Gasteiger partial charge is 0.422 e. The first-order valence-electron chi connectivity index (χ1n) is 7.32. The van der Waals surface area contributed by atoms with Crippen molar-refractivity contribution >= 4 is 34.8 Å². The number of carbonyl (C=O) groups is 2. The average molecular weight is 387 g/mol. The van der Waals surface area contributed by atoms with Gasteiger partial charge in [-0.15, -0.1) is 0 Å². The lowest BCUT2D eigenvalue weighted by Gasteiger charge is -2.14. The summed E-state index contributed by atoms with van der Waals surface area (Å²) in [6.45, 7) is -0.148. The summed E-state index contributed by atoms with van der Waals surface area (Å²) in [5.41, 5.74) is 0.754. The van der Waals surface area contributed by atoms with E-state index in [1.165, 1.54) is 49.4 Å². The molecule has 2 aromatic carbocycles. The molecule has 0 atom stereocenters. The zero-order chi connectivity index (χ0) is 19.3. The van der Waals surface area contributed by atoms with Crippen LogP contribution in [0.1, 0.15) is 17.3 Å².